The van der Waals surface area contributed by atoms with Gasteiger partial charge in [-0.05, 0) is 30.9 Å². The fraction of sp³-hybridized carbons (Fsp3) is 0.545. The van der Waals surface area contributed by atoms with Crippen molar-refractivity contribution in [1.29, 1.82) is 0 Å². The van der Waals surface area contributed by atoms with Crippen molar-refractivity contribution in [1.82, 2.24) is 4.98 Å². The molecule has 1 aromatic heterocycles. The number of carbonyl (C=O) groups is 1. The molecule has 0 bridgehead atoms. The van der Waals surface area contributed by atoms with Gasteiger partial charge in [-0.25, -0.2) is 4.79 Å². The first-order valence-corrected chi connectivity index (χ1v) is 4.89. The predicted octanol–water partition coefficient (Wildman–Crippen LogP) is 2.39. The number of carbonyl (C=O) groups excluding carboxylic acids is 1. The van der Waals surface area contributed by atoms with Gasteiger partial charge in [-0.15, -0.1) is 0 Å². The average Bonchev–Trinajstić information content (AvgIpc) is 2.62. The number of rotatable bonds is 4. The van der Waals surface area contributed by atoms with Crippen LogP contribution in [0.5, 0.6) is 0 Å². The highest BCUT2D eigenvalue weighted by molar-refractivity contribution is 5.87. The van der Waals surface area contributed by atoms with Gasteiger partial charge < -0.3 is 9.72 Å². The van der Waals surface area contributed by atoms with Gasteiger partial charge >= 0.3 is 5.97 Å². The first kappa shape index (κ1) is 10.8. The van der Waals surface area contributed by atoms with Crippen molar-refractivity contribution in [2.75, 3.05) is 7.11 Å². The molecule has 0 saturated carbocycles. The normalized spacial score (nSPS) is 10.6. The highest BCUT2D eigenvalue weighted by Gasteiger charge is 2.07. The second-order valence-corrected chi connectivity index (χ2v) is 3.82. The Morgan fingerprint density at radius 2 is 2.21 bits per heavy atom. The number of ether oxygens (including phenoxy) is 1. The van der Waals surface area contributed by atoms with Gasteiger partial charge in [0.05, 0.1) is 7.11 Å². The second-order valence-electron chi connectivity index (χ2n) is 3.82. The fourth-order valence-corrected chi connectivity index (χ4v) is 1.26. The van der Waals surface area contributed by atoms with Gasteiger partial charge in [-0.2, -0.15) is 0 Å². The minimum absolute atomic E-state index is 0.305. The molecule has 1 heterocycles. The van der Waals surface area contributed by atoms with Crippen LogP contribution in [0.15, 0.2) is 12.1 Å². The molecule has 0 amide bonds. The molecule has 1 N–H and O–H groups in total. The molecule has 3 nitrogen and oxygen atoms in total. The van der Waals surface area contributed by atoms with Gasteiger partial charge in [0.2, 0.25) is 0 Å². The lowest BCUT2D eigenvalue weighted by atomic mass is 10.1. The molecule has 0 aliphatic heterocycles. The summed E-state index contributed by atoms with van der Waals surface area (Å²) in [6, 6.07) is 3.70. The molecule has 0 unspecified atom stereocenters. The summed E-state index contributed by atoms with van der Waals surface area (Å²) < 4.78 is 4.60. The highest BCUT2D eigenvalue weighted by atomic mass is 16.5. The quantitative estimate of drug-likeness (QED) is 0.749. The predicted molar refractivity (Wildman–Crippen MR) is 55.3 cm³/mol. The van der Waals surface area contributed by atoms with Crippen molar-refractivity contribution < 1.29 is 9.53 Å². The first-order valence-electron chi connectivity index (χ1n) is 4.89. The minimum atomic E-state index is -0.305. The molecular weight excluding hydrogens is 178 g/mol. The average molecular weight is 195 g/mol. The Kier molecular flexibility index (Phi) is 3.74. The molecule has 1 aromatic rings. The van der Waals surface area contributed by atoms with E-state index in [-0.39, 0.29) is 5.97 Å². The van der Waals surface area contributed by atoms with E-state index < -0.39 is 0 Å². The van der Waals surface area contributed by atoms with Gasteiger partial charge in [0.15, 0.2) is 0 Å². The van der Waals surface area contributed by atoms with Crippen LogP contribution in [0.2, 0.25) is 0 Å². The molecule has 1 rings (SSSR count). The zero-order valence-corrected chi connectivity index (χ0v) is 8.96. The first-order chi connectivity index (χ1) is 6.63. The molecule has 0 fully saturated rings. The third-order valence-corrected chi connectivity index (χ3v) is 2.14. The van der Waals surface area contributed by atoms with Crippen molar-refractivity contribution in [3.8, 4) is 0 Å². The third-order valence-electron chi connectivity index (χ3n) is 2.14. The monoisotopic (exact) mass is 195 g/mol. The number of methoxy groups -OCH3 is 1. The van der Waals surface area contributed by atoms with Crippen LogP contribution in [0.3, 0.4) is 0 Å². The van der Waals surface area contributed by atoms with Crippen molar-refractivity contribution in [3.05, 3.63) is 23.5 Å². The maximum Gasteiger partial charge on any atom is 0.354 e. The van der Waals surface area contributed by atoms with Crippen molar-refractivity contribution >= 4 is 5.97 Å². The van der Waals surface area contributed by atoms with Gasteiger partial charge in [-0.1, -0.05) is 13.8 Å². The Labute approximate surface area is 84.5 Å². The summed E-state index contributed by atoms with van der Waals surface area (Å²) in [6.07, 6.45) is 2.11. The molecule has 0 aliphatic carbocycles. The topological polar surface area (TPSA) is 42.1 Å². The Hall–Kier alpha value is -1.25. The SMILES string of the molecule is COC(=O)c1ccc(CCC(C)C)[nH]1. The maximum atomic E-state index is 11.1. The van der Waals surface area contributed by atoms with Crippen LogP contribution in [0.4, 0.5) is 0 Å². The van der Waals surface area contributed by atoms with E-state index in [1.165, 1.54) is 7.11 Å². The summed E-state index contributed by atoms with van der Waals surface area (Å²) in [4.78, 5) is 14.2. The Bertz CT molecular complexity index is 302. The number of hydrogen-bond donors (Lipinski definition) is 1. The zero-order valence-electron chi connectivity index (χ0n) is 8.96. The van der Waals surface area contributed by atoms with Crippen molar-refractivity contribution in [3.63, 3.8) is 0 Å². The Morgan fingerprint density at radius 3 is 2.79 bits per heavy atom. The van der Waals surface area contributed by atoms with Gasteiger partial charge in [0.25, 0.3) is 0 Å². The number of aromatic nitrogens is 1. The molecular formula is C11H17NO2. The largest absolute Gasteiger partial charge is 0.464 e. The molecule has 14 heavy (non-hydrogen) atoms. The number of aryl methyl sites for hydroxylation is 1. The van der Waals surface area contributed by atoms with E-state index in [4.69, 9.17) is 0 Å². The van der Waals surface area contributed by atoms with E-state index in [1.54, 1.807) is 6.07 Å². The number of H-pyrrole nitrogens is 1. The molecule has 0 spiro atoms. The van der Waals surface area contributed by atoms with Crippen LogP contribution in [-0.4, -0.2) is 18.1 Å². The van der Waals surface area contributed by atoms with Crippen LogP contribution >= 0.6 is 0 Å². The van der Waals surface area contributed by atoms with Crippen molar-refractivity contribution in [2.45, 2.75) is 26.7 Å². The lowest BCUT2D eigenvalue weighted by Gasteiger charge is -2.01. The van der Waals surface area contributed by atoms with Crippen molar-refractivity contribution in [2.24, 2.45) is 5.92 Å². The summed E-state index contributed by atoms with van der Waals surface area (Å²) in [5, 5.41) is 0. The van der Waals surface area contributed by atoms with Gasteiger partial charge in [0, 0.05) is 5.69 Å². The van der Waals surface area contributed by atoms with E-state index in [0.29, 0.717) is 11.6 Å². The zero-order chi connectivity index (χ0) is 10.6. The number of aromatic amines is 1. The lowest BCUT2D eigenvalue weighted by Crippen LogP contribution is -2.01. The van der Waals surface area contributed by atoms with E-state index in [2.05, 4.69) is 23.6 Å². The molecule has 3 heteroatoms. The molecule has 78 valence electrons. The lowest BCUT2D eigenvalue weighted by molar-refractivity contribution is 0.0594. The smallest absolute Gasteiger partial charge is 0.354 e. The fourth-order valence-electron chi connectivity index (χ4n) is 1.26. The second kappa shape index (κ2) is 4.84. The van der Waals surface area contributed by atoms with E-state index >= 15 is 0 Å². The van der Waals surface area contributed by atoms with Gasteiger partial charge in [0.1, 0.15) is 5.69 Å². The molecule has 0 saturated heterocycles. The number of hydrogen-bond acceptors (Lipinski definition) is 2. The molecule has 0 aromatic carbocycles. The summed E-state index contributed by atoms with van der Waals surface area (Å²) in [7, 11) is 1.39. The van der Waals surface area contributed by atoms with Crippen LogP contribution in [0.1, 0.15) is 36.5 Å². The summed E-state index contributed by atoms with van der Waals surface area (Å²) in [5.41, 5.74) is 1.63. The maximum absolute atomic E-state index is 11.1. The molecule has 0 aliphatic rings. The van der Waals surface area contributed by atoms with Gasteiger partial charge in [-0.3, -0.25) is 0 Å². The molecule has 0 atom stereocenters. The minimum Gasteiger partial charge on any atom is -0.464 e. The van der Waals surface area contributed by atoms with E-state index in [1.807, 2.05) is 6.07 Å². The number of nitrogens with one attached hydrogen (secondary N) is 1. The molecule has 0 radical (unpaired) electrons. The summed E-state index contributed by atoms with van der Waals surface area (Å²) >= 11 is 0. The van der Waals surface area contributed by atoms with Crippen LogP contribution in [0, 0.1) is 5.92 Å². The Balaban J connectivity index is 2.55. The van der Waals surface area contributed by atoms with Crippen LogP contribution < -0.4 is 0 Å². The highest BCUT2D eigenvalue weighted by Crippen LogP contribution is 2.09. The Morgan fingerprint density at radius 1 is 1.50 bits per heavy atom. The van der Waals surface area contributed by atoms with Crippen LogP contribution in [-0.2, 0) is 11.2 Å². The van der Waals surface area contributed by atoms with E-state index in [9.17, 15) is 4.79 Å². The van der Waals surface area contributed by atoms with Crippen LogP contribution in [0.25, 0.3) is 0 Å². The summed E-state index contributed by atoms with van der Waals surface area (Å²) in [5.74, 6) is 0.376. The summed E-state index contributed by atoms with van der Waals surface area (Å²) in [6.45, 7) is 4.37. The third kappa shape index (κ3) is 2.91. The number of esters is 1. The van der Waals surface area contributed by atoms with E-state index in [0.717, 1.165) is 18.5 Å². The standard InChI is InChI=1S/C11H17NO2/c1-8(2)4-5-9-6-7-10(12-9)11(13)14-3/h6-8,12H,4-5H2,1-3H3.